The molecular weight excluding hydrogens is 404 g/mol. The van der Waals surface area contributed by atoms with Crippen LogP contribution in [0.4, 0.5) is 0 Å². The number of benzene rings is 5. The van der Waals surface area contributed by atoms with E-state index in [-0.39, 0.29) is 0 Å². The van der Waals surface area contributed by atoms with Crippen LogP contribution in [0.15, 0.2) is 109 Å². The first-order valence-corrected chi connectivity index (χ1v) is 11.9. The summed E-state index contributed by atoms with van der Waals surface area (Å²) in [5, 5.41) is 2.70. The van der Waals surface area contributed by atoms with Crippen molar-refractivity contribution in [2.75, 3.05) is 0 Å². The van der Waals surface area contributed by atoms with Gasteiger partial charge in [0, 0.05) is 20.2 Å². The first-order valence-electron chi connectivity index (χ1n) is 11.1. The van der Waals surface area contributed by atoms with Gasteiger partial charge in [0.2, 0.25) is 0 Å². The van der Waals surface area contributed by atoms with Gasteiger partial charge in [-0.25, -0.2) is 0 Å². The average Bonchev–Trinajstić information content (AvgIpc) is 3.42. The van der Waals surface area contributed by atoms with Crippen LogP contribution in [0.5, 0.6) is 0 Å². The first-order chi connectivity index (χ1) is 15.8. The average molecular weight is 425 g/mol. The zero-order valence-corrected chi connectivity index (χ0v) is 18.3. The maximum absolute atomic E-state index is 2.38. The highest BCUT2D eigenvalue weighted by molar-refractivity contribution is 7.26. The molecule has 0 N–H and O–H groups in total. The van der Waals surface area contributed by atoms with Gasteiger partial charge in [-0.2, -0.15) is 0 Å². The maximum Gasteiger partial charge on any atom is 0.0433 e. The van der Waals surface area contributed by atoms with Gasteiger partial charge >= 0.3 is 0 Å². The van der Waals surface area contributed by atoms with E-state index in [1.54, 1.807) is 0 Å². The van der Waals surface area contributed by atoms with Crippen molar-refractivity contribution in [2.24, 2.45) is 0 Å². The Labute approximate surface area is 191 Å². The van der Waals surface area contributed by atoms with E-state index >= 15 is 0 Å². The minimum Gasteiger partial charge on any atom is -0.135 e. The fourth-order valence-corrected chi connectivity index (χ4v) is 6.35. The molecule has 0 unspecified atom stereocenters. The lowest BCUT2D eigenvalue weighted by atomic mass is 9.97. The summed E-state index contributed by atoms with van der Waals surface area (Å²) >= 11 is 1.90. The number of hydrogen-bond donors (Lipinski definition) is 0. The molecule has 150 valence electrons. The van der Waals surface area contributed by atoms with Crippen LogP contribution in [0.3, 0.4) is 0 Å². The lowest BCUT2D eigenvalue weighted by Gasteiger charge is -2.07. The van der Waals surface area contributed by atoms with Gasteiger partial charge in [-0.3, -0.25) is 0 Å². The van der Waals surface area contributed by atoms with Gasteiger partial charge in [0.15, 0.2) is 0 Å². The van der Waals surface area contributed by atoms with Gasteiger partial charge in [-0.15, -0.1) is 11.3 Å². The predicted octanol–water partition coefficient (Wildman–Crippen LogP) is 8.96. The Bertz CT molecular complexity index is 1640. The molecule has 0 saturated heterocycles. The molecule has 32 heavy (non-hydrogen) atoms. The Balaban J connectivity index is 1.40. The molecule has 0 spiro atoms. The number of rotatable bonds is 2. The maximum atomic E-state index is 2.38. The second-order valence-corrected chi connectivity index (χ2v) is 9.62. The summed E-state index contributed by atoms with van der Waals surface area (Å²) in [6, 6.07) is 40.2. The molecule has 1 aromatic heterocycles. The van der Waals surface area contributed by atoms with Crippen molar-refractivity contribution >= 4 is 31.5 Å². The highest BCUT2D eigenvalue weighted by atomic mass is 32.1. The zero-order valence-electron chi connectivity index (χ0n) is 17.5. The van der Waals surface area contributed by atoms with Crippen molar-refractivity contribution in [3.8, 4) is 33.4 Å². The summed E-state index contributed by atoms with van der Waals surface area (Å²) in [5.41, 5.74) is 10.8. The minimum absolute atomic E-state index is 1.04. The molecule has 1 heterocycles. The van der Waals surface area contributed by atoms with E-state index in [0.29, 0.717) is 0 Å². The van der Waals surface area contributed by atoms with Crippen LogP contribution in [0.25, 0.3) is 53.6 Å². The van der Waals surface area contributed by atoms with E-state index in [0.717, 1.165) is 6.42 Å². The summed E-state index contributed by atoms with van der Waals surface area (Å²) in [6.45, 7) is 0. The number of fused-ring (bicyclic) bond motifs is 6. The largest absolute Gasteiger partial charge is 0.135 e. The third-order valence-electron chi connectivity index (χ3n) is 6.71. The Hall–Kier alpha value is -3.68. The van der Waals surface area contributed by atoms with Gasteiger partial charge < -0.3 is 0 Å². The highest BCUT2D eigenvalue weighted by Crippen LogP contribution is 2.43. The third-order valence-corrected chi connectivity index (χ3v) is 7.93. The quantitative estimate of drug-likeness (QED) is 0.260. The Morgan fingerprint density at radius 3 is 2.16 bits per heavy atom. The molecule has 7 rings (SSSR count). The predicted molar refractivity (Wildman–Crippen MR) is 138 cm³/mol. The van der Waals surface area contributed by atoms with Crippen LogP contribution in [0.2, 0.25) is 0 Å². The highest BCUT2D eigenvalue weighted by Gasteiger charge is 2.18. The van der Waals surface area contributed by atoms with Crippen LogP contribution < -0.4 is 0 Å². The normalized spacial score (nSPS) is 12.2. The molecule has 0 saturated carbocycles. The molecular formula is C31H20S. The minimum atomic E-state index is 1.04. The second-order valence-electron chi connectivity index (χ2n) is 8.57. The van der Waals surface area contributed by atoms with Gasteiger partial charge in [0.05, 0.1) is 0 Å². The van der Waals surface area contributed by atoms with E-state index in [9.17, 15) is 0 Å². The van der Waals surface area contributed by atoms with E-state index in [1.165, 1.54) is 64.7 Å². The summed E-state index contributed by atoms with van der Waals surface area (Å²) in [7, 11) is 0. The van der Waals surface area contributed by atoms with E-state index in [1.807, 2.05) is 11.3 Å². The molecule has 5 aromatic carbocycles. The van der Waals surface area contributed by atoms with Crippen molar-refractivity contribution < 1.29 is 0 Å². The molecule has 0 radical (unpaired) electrons. The standard InChI is InChI=1S/C31H20S/c1-2-7-20(8-3-1)26-11-6-12-27-29-19-22(15-16-30(29)32-31(26)27)21-13-14-24-17-23-9-4-5-10-25(23)28(24)18-21/h1-16,18-19H,17H2. The topological polar surface area (TPSA) is 0 Å². The Kier molecular flexibility index (Phi) is 3.88. The van der Waals surface area contributed by atoms with Crippen molar-refractivity contribution in [1.82, 2.24) is 0 Å². The smallest absolute Gasteiger partial charge is 0.0433 e. The third kappa shape index (κ3) is 2.68. The fourth-order valence-electron chi connectivity index (χ4n) is 5.13. The molecule has 0 amide bonds. The van der Waals surface area contributed by atoms with E-state index in [4.69, 9.17) is 0 Å². The van der Waals surface area contributed by atoms with Crippen LogP contribution in [-0.4, -0.2) is 0 Å². The lowest BCUT2D eigenvalue weighted by molar-refractivity contribution is 1.26. The van der Waals surface area contributed by atoms with Crippen LogP contribution in [-0.2, 0) is 6.42 Å². The van der Waals surface area contributed by atoms with Crippen LogP contribution in [0.1, 0.15) is 11.1 Å². The summed E-state index contributed by atoms with van der Waals surface area (Å²) in [5.74, 6) is 0. The number of thiophene rings is 1. The fraction of sp³-hybridized carbons (Fsp3) is 0.0323. The molecule has 1 aliphatic carbocycles. The summed E-state index contributed by atoms with van der Waals surface area (Å²) < 4.78 is 2.72. The van der Waals surface area contributed by atoms with Crippen molar-refractivity contribution in [1.29, 1.82) is 0 Å². The molecule has 1 heteroatoms. The lowest BCUT2D eigenvalue weighted by Crippen LogP contribution is -1.83. The molecule has 0 fully saturated rings. The molecule has 0 nitrogen and oxygen atoms in total. The zero-order chi connectivity index (χ0) is 21.1. The van der Waals surface area contributed by atoms with Crippen molar-refractivity contribution in [3.63, 3.8) is 0 Å². The molecule has 1 aliphatic rings. The number of hydrogen-bond acceptors (Lipinski definition) is 1. The van der Waals surface area contributed by atoms with Crippen LogP contribution >= 0.6 is 11.3 Å². The van der Waals surface area contributed by atoms with E-state index in [2.05, 4.69) is 109 Å². The van der Waals surface area contributed by atoms with Gasteiger partial charge in [-0.05, 0) is 69.1 Å². The Morgan fingerprint density at radius 2 is 1.22 bits per heavy atom. The van der Waals surface area contributed by atoms with Gasteiger partial charge in [-0.1, -0.05) is 91.0 Å². The van der Waals surface area contributed by atoms with Gasteiger partial charge in [0.1, 0.15) is 0 Å². The summed E-state index contributed by atoms with van der Waals surface area (Å²) in [6.07, 6.45) is 1.04. The summed E-state index contributed by atoms with van der Waals surface area (Å²) in [4.78, 5) is 0. The van der Waals surface area contributed by atoms with Crippen molar-refractivity contribution in [2.45, 2.75) is 6.42 Å². The van der Waals surface area contributed by atoms with E-state index < -0.39 is 0 Å². The van der Waals surface area contributed by atoms with Gasteiger partial charge in [0.25, 0.3) is 0 Å². The Morgan fingerprint density at radius 1 is 0.469 bits per heavy atom. The first kappa shape index (κ1) is 17.9. The SMILES string of the molecule is c1ccc(-c2cccc3c2sc2ccc(-c4ccc5c(c4)-c4ccccc4C5)cc23)cc1. The molecule has 0 bridgehead atoms. The monoisotopic (exact) mass is 424 g/mol. The molecule has 0 aliphatic heterocycles. The second kappa shape index (κ2) is 6.91. The molecule has 0 atom stereocenters. The van der Waals surface area contributed by atoms with Crippen LogP contribution in [0, 0.1) is 0 Å². The molecule has 6 aromatic rings. The van der Waals surface area contributed by atoms with Crippen molar-refractivity contribution in [3.05, 3.63) is 120 Å².